The van der Waals surface area contributed by atoms with Crippen LogP contribution in [0.15, 0.2) is 22.7 Å². The quantitative estimate of drug-likeness (QED) is 0.869. The highest BCUT2D eigenvalue weighted by molar-refractivity contribution is 9.10. The molecule has 1 saturated heterocycles. The Morgan fingerprint density at radius 1 is 1.55 bits per heavy atom. The molecule has 1 aliphatic rings. The lowest BCUT2D eigenvalue weighted by Crippen LogP contribution is -2.49. The molecule has 0 bridgehead atoms. The molecular formula is C14H20BrN3O2. The molecule has 2 rings (SSSR count). The first kappa shape index (κ1) is 15.3. The second kappa shape index (κ2) is 6.56. The molecule has 1 aliphatic heterocycles. The van der Waals surface area contributed by atoms with E-state index in [0.29, 0.717) is 12.1 Å². The van der Waals surface area contributed by atoms with Crippen LogP contribution >= 0.6 is 15.9 Å². The van der Waals surface area contributed by atoms with Gasteiger partial charge >= 0.3 is 0 Å². The Hall–Kier alpha value is -1.11. The Kier molecular flexibility index (Phi) is 5.01. The number of nitrogens with two attached hydrogens (primary N) is 2. The van der Waals surface area contributed by atoms with Crippen molar-refractivity contribution in [3.05, 3.63) is 28.2 Å². The number of hydrogen-bond donors (Lipinski definition) is 2. The molecule has 0 aliphatic carbocycles. The van der Waals surface area contributed by atoms with Gasteiger partial charge in [-0.05, 0) is 31.0 Å². The van der Waals surface area contributed by atoms with E-state index in [4.69, 9.17) is 16.2 Å². The molecule has 5 nitrogen and oxygen atoms in total. The zero-order valence-corrected chi connectivity index (χ0v) is 13.1. The SMILES string of the molecule is COC1CCN(c2ccc(Br)cc2C(N)=O)C(CN)C1. The lowest BCUT2D eigenvalue weighted by Gasteiger charge is -2.40. The van der Waals surface area contributed by atoms with Gasteiger partial charge in [-0.3, -0.25) is 4.79 Å². The fourth-order valence-corrected chi connectivity index (χ4v) is 3.09. The van der Waals surface area contributed by atoms with Gasteiger partial charge in [-0.2, -0.15) is 0 Å². The molecule has 1 aromatic carbocycles. The number of amides is 1. The average molecular weight is 342 g/mol. The van der Waals surface area contributed by atoms with E-state index in [1.165, 1.54) is 0 Å². The molecule has 0 saturated carbocycles. The van der Waals surface area contributed by atoms with Crippen LogP contribution in [0, 0.1) is 0 Å². The third-order valence-electron chi connectivity index (χ3n) is 3.81. The summed E-state index contributed by atoms with van der Waals surface area (Å²) >= 11 is 3.37. The minimum absolute atomic E-state index is 0.160. The van der Waals surface area contributed by atoms with Crippen LogP contribution in [0.1, 0.15) is 23.2 Å². The van der Waals surface area contributed by atoms with Gasteiger partial charge in [0.25, 0.3) is 5.91 Å². The summed E-state index contributed by atoms with van der Waals surface area (Å²) in [4.78, 5) is 13.8. The number of carbonyl (C=O) groups is 1. The van der Waals surface area contributed by atoms with Crippen molar-refractivity contribution >= 4 is 27.5 Å². The van der Waals surface area contributed by atoms with Crippen LogP contribution in [0.2, 0.25) is 0 Å². The van der Waals surface area contributed by atoms with E-state index >= 15 is 0 Å². The lowest BCUT2D eigenvalue weighted by molar-refractivity contribution is 0.0709. The molecule has 1 aromatic rings. The van der Waals surface area contributed by atoms with Gasteiger partial charge in [0.2, 0.25) is 0 Å². The van der Waals surface area contributed by atoms with Crippen LogP contribution in [-0.2, 0) is 4.74 Å². The molecule has 0 aromatic heterocycles. The van der Waals surface area contributed by atoms with Gasteiger partial charge in [0.1, 0.15) is 0 Å². The molecule has 2 atom stereocenters. The fourth-order valence-electron chi connectivity index (χ4n) is 2.72. The Balaban J connectivity index is 2.33. The van der Waals surface area contributed by atoms with Gasteiger partial charge in [0, 0.05) is 36.4 Å². The molecule has 20 heavy (non-hydrogen) atoms. The topological polar surface area (TPSA) is 81.6 Å². The number of benzene rings is 1. The summed E-state index contributed by atoms with van der Waals surface area (Å²) in [6.07, 6.45) is 2.01. The fraction of sp³-hybridized carbons (Fsp3) is 0.500. The maximum atomic E-state index is 11.7. The zero-order chi connectivity index (χ0) is 14.7. The van der Waals surface area contributed by atoms with Crippen molar-refractivity contribution < 1.29 is 9.53 Å². The van der Waals surface area contributed by atoms with Crippen LogP contribution in [0.4, 0.5) is 5.69 Å². The molecule has 0 spiro atoms. The zero-order valence-electron chi connectivity index (χ0n) is 11.5. The maximum absolute atomic E-state index is 11.7. The Bertz CT molecular complexity index is 495. The van der Waals surface area contributed by atoms with Gasteiger partial charge in [-0.25, -0.2) is 0 Å². The summed E-state index contributed by atoms with van der Waals surface area (Å²) in [5.74, 6) is -0.425. The normalized spacial score (nSPS) is 22.9. The first-order valence-electron chi connectivity index (χ1n) is 6.65. The lowest BCUT2D eigenvalue weighted by atomic mass is 9.97. The van der Waals surface area contributed by atoms with E-state index in [0.717, 1.165) is 29.5 Å². The first-order chi connectivity index (χ1) is 9.56. The Morgan fingerprint density at radius 3 is 2.90 bits per heavy atom. The number of nitrogens with zero attached hydrogens (tertiary/aromatic N) is 1. The number of piperidine rings is 1. The summed E-state index contributed by atoms with van der Waals surface area (Å²) < 4.78 is 6.26. The predicted octanol–water partition coefficient (Wildman–Crippen LogP) is 1.49. The van der Waals surface area contributed by atoms with E-state index in [1.54, 1.807) is 13.2 Å². The summed E-state index contributed by atoms with van der Waals surface area (Å²) in [6.45, 7) is 1.33. The summed E-state index contributed by atoms with van der Waals surface area (Å²) in [5.41, 5.74) is 12.7. The van der Waals surface area contributed by atoms with Crippen molar-refractivity contribution in [3.63, 3.8) is 0 Å². The average Bonchev–Trinajstić information content (AvgIpc) is 2.46. The van der Waals surface area contributed by atoms with Gasteiger partial charge in [0.05, 0.1) is 11.7 Å². The molecule has 0 radical (unpaired) electrons. The number of hydrogen-bond acceptors (Lipinski definition) is 4. The second-order valence-electron chi connectivity index (χ2n) is 4.99. The van der Waals surface area contributed by atoms with Crippen molar-refractivity contribution in [3.8, 4) is 0 Å². The number of carbonyl (C=O) groups excluding carboxylic acids is 1. The molecule has 1 fully saturated rings. The molecule has 6 heteroatoms. The van der Waals surface area contributed by atoms with Crippen LogP contribution < -0.4 is 16.4 Å². The van der Waals surface area contributed by atoms with Crippen LogP contribution in [0.3, 0.4) is 0 Å². The second-order valence-corrected chi connectivity index (χ2v) is 5.91. The van der Waals surface area contributed by atoms with Crippen molar-refractivity contribution in [1.29, 1.82) is 0 Å². The summed E-state index contributed by atoms with van der Waals surface area (Å²) in [6, 6.07) is 5.75. The number of methoxy groups -OCH3 is 1. The number of ether oxygens (including phenoxy) is 1. The highest BCUT2D eigenvalue weighted by Crippen LogP contribution is 2.30. The number of rotatable bonds is 4. The third-order valence-corrected chi connectivity index (χ3v) is 4.30. The van der Waals surface area contributed by atoms with Crippen molar-refractivity contribution in [2.24, 2.45) is 11.5 Å². The molecular weight excluding hydrogens is 322 g/mol. The van der Waals surface area contributed by atoms with E-state index < -0.39 is 5.91 Å². The Labute approximate surface area is 127 Å². The molecule has 110 valence electrons. The van der Waals surface area contributed by atoms with Crippen molar-refractivity contribution in [2.75, 3.05) is 25.1 Å². The van der Waals surface area contributed by atoms with E-state index in [2.05, 4.69) is 20.8 Å². The smallest absolute Gasteiger partial charge is 0.250 e. The van der Waals surface area contributed by atoms with E-state index in [1.807, 2.05) is 12.1 Å². The number of halogens is 1. The first-order valence-corrected chi connectivity index (χ1v) is 7.45. The van der Waals surface area contributed by atoms with Gasteiger partial charge in [-0.15, -0.1) is 0 Å². The predicted molar refractivity (Wildman–Crippen MR) is 82.9 cm³/mol. The summed E-state index contributed by atoms with van der Waals surface area (Å²) in [7, 11) is 1.72. The molecule has 1 heterocycles. The third kappa shape index (κ3) is 3.13. The largest absolute Gasteiger partial charge is 0.381 e. The van der Waals surface area contributed by atoms with Crippen LogP contribution in [-0.4, -0.2) is 38.3 Å². The minimum atomic E-state index is -0.425. The molecule has 1 amide bonds. The van der Waals surface area contributed by atoms with Crippen LogP contribution in [0.25, 0.3) is 0 Å². The highest BCUT2D eigenvalue weighted by Gasteiger charge is 2.29. The van der Waals surface area contributed by atoms with Crippen LogP contribution in [0.5, 0.6) is 0 Å². The summed E-state index contributed by atoms with van der Waals surface area (Å²) in [5, 5.41) is 0. The van der Waals surface area contributed by atoms with Gasteiger partial charge < -0.3 is 21.1 Å². The number of anilines is 1. The maximum Gasteiger partial charge on any atom is 0.250 e. The Morgan fingerprint density at radius 2 is 2.30 bits per heavy atom. The van der Waals surface area contributed by atoms with E-state index in [-0.39, 0.29) is 12.1 Å². The molecule has 2 unspecified atom stereocenters. The standard InChI is InChI=1S/C14H20BrN3O2/c1-20-11-4-5-18(10(7-11)8-16)13-3-2-9(15)6-12(13)14(17)19/h2-3,6,10-11H,4-5,7-8,16H2,1H3,(H2,17,19). The minimum Gasteiger partial charge on any atom is -0.381 e. The monoisotopic (exact) mass is 341 g/mol. The van der Waals surface area contributed by atoms with Crippen molar-refractivity contribution in [1.82, 2.24) is 0 Å². The van der Waals surface area contributed by atoms with E-state index in [9.17, 15) is 4.79 Å². The van der Waals surface area contributed by atoms with Crippen molar-refractivity contribution in [2.45, 2.75) is 25.0 Å². The van der Waals surface area contributed by atoms with Gasteiger partial charge in [-0.1, -0.05) is 15.9 Å². The number of primary amides is 1. The molecule has 4 N–H and O–H groups in total. The highest BCUT2D eigenvalue weighted by atomic mass is 79.9. The van der Waals surface area contributed by atoms with Gasteiger partial charge in [0.15, 0.2) is 0 Å².